The predicted octanol–water partition coefficient (Wildman–Crippen LogP) is 4.13. The van der Waals surface area contributed by atoms with Crippen molar-refractivity contribution in [1.82, 2.24) is 20.0 Å². The Hall–Kier alpha value is -3.72. The minimum absolute atomic E-state index is 0.213. The Morgan fingerprint density at radius 1 is 0.806 bits per heavy atom. The number of nitrogens with zero attached hydrogens (tertiary/aromatic N) is 4. The maximum Gasteiger partial charge on any atom is 0.261 e. The molecule has 0 aliphatic rings. The molecule has 158 valence electrons. The first-order chi connectivity index (χ1) is 14.8. The number of aromatic nitrogens is 4. The van der Waals surface area contributed by atoms with Gasteiger partial charge in [0.15, 0.2) is 11.6 Å². The van der Waals surface area contributed by atoms with Crippen LogP contribution in [0.3, 0.4) is 0 Å². The molecule has 2 aromatic carbocycles. The van der Waals surface area contributed by atoms with Crippen LogP contribution in [0.1, 0.15) is 17.0 Å². The number of nitrogens with one attached hydrogen (secondary N) is 2. The van der Waals surface area contributed by atoms with Gasteiger partial charge in [0.2, 0.25) is 0 Å². The summed E-state index contributed by atoms with van der Waals surface area (Å²) in [5, 5.41) is 16.1. The van der Waals surface area contributed by atoms with Crippen LogP contribution in [0.5, 0.6) is 0 Å². The second kappa shape index (κ2) is 8.19. The highest BCUT2D eigenvalue weighted by molar-refractivity contribution is 7.92. The number of aryl methyl sites for hydroxylation is 1. The van der Waals surface area contributed by atoms with Crippen LogP contribution in [0.2, 0.25) is 0 Å². The van der Waals surface area contributed by atoms with Crippen LogP contribution in [0, 0.1) is 20.8 Å². The van der Waals surface area contributed by atoms with Gasteiger partial charge in [0.05, 0.1) is 10.6 Å². The van der Waals surface area contributed by atoms with Crippen LogP contribution >= 0.6 is 0 Å². The van der Waals surface area contributed by atoms with E-state index in [9.17, 15) is 8.42 Å². The summed E-state index contributed by atoms with van der Waals surface area (Å²) in [5.74, 6) is 1.21. The summed E-state index contributed by atoms with van der Waals surface area (Å²) in [4.78, 5) is 0.213. The summed E-state index contributed by atoms with van der Waals surface area (Å²) in [7, 11) is -3.62. The van der Waals surface area contributed by atoms with E-state index in [4.69, 9.17) is 0 Å². The third kappa shape index (κ3) is 4.41. The van der Waals surface area contributed by atoms with Gasteiger partial charge in [0.1, 0.15) is 0 Å². The zero-order chi connectivity index (χ0) is 22.0. The minimum atomic E-state index is -3.62. The molecule has 0 aliphatic heterocycles. The van der Waals surface area contributed by atoms with Gasteiger partial charge in [0, 0.05) is 17.1 Å². The van der Waals surface area contributed by atoms with E-state index in [2.05, 4.69) is 25.3 Å². The Labute approximate surface area is 181 Å². The van der Waals surface area contributed by atoms with Crippen LogP contribution in [0.25, 0.3) is 5.82 Å². The lowest BCUT2D eigenvalue weighted by molar-refractivity contribution is 0.601. The second-order valence-electron chi connectivity index (χ2n) is 7.11. The van der Waals surface area contributed by atoms with Gasteiger partial charge < -0.3 is 5.32 Å². The Bertz CT molecular complexity index is 1300. The standard InChI is InChI=1S/C22H22N6O2S/c1-15-16(2)26-28(17(15)3)22-14-13-21(24-25-22)23-18-9-11-19(12-10-18)27-31(29,30)20-7-5-4-6-8-20/h4-14,27H,1-3H3,(H,23,24). The summed E-state index contributed by atoms with van der Waals surface area (Å²) >= 11 is 0. The Balaban J connectivity index is 1.45. The molecule has 0 amide bonds. The van der Waals surface area contributed by atoms with E-state index >= 15 is 0 Å². The van der Waals surface area contributed by atoms with E-state index in [1.54, 1.807) is 59.3 Å². The fourth-order valence-electron chi connectivity index (χ4n) is 3.03. The monoisotopic (exact) mass is 434 g/mol. The Kier molecular flexibility index (Phi) is 5.43. The predicted molar refractivity (Wildman–Crippen MR) is 120 cm³/mol. The van der Waals surface area contributed by atoms with Crippen molar-refractivity contribution in [2.75, 3.05) is 10.0 Å². The van der Waals surface area contributed by atoms with E-state index < -0.39 is 10.0 Å². The molecule has 9 heteroatoms. The number of hydrogen-bond donors (Lipinski definition) is 2. The molecule has 0 saturated carbocycles. The summed E-state index contributed by atoms with van der Waals surface area (Å²) in [6.45, 7) is 5.99. The van der Waals surface area contributed by atoms with Crippen molar-refractivity contribution in [1.29, 1.82) is 0 Å². The SMILES string of the molecule is Cc1nn(-c2ccc(Nc3ccc(NS(=O)(=O)c4ccccc4)cc3)nn2)c(C)c1C. The zero-order valence-corrected chi connectivity index (χ0v) is 18.2. The van der Waals surface area contributed by atoms with Crippen molar-refractivity contribution in [3.8, 4) is 5.82 Å². The highest BCUT2D eigenvalue weighted by Crippen LogP contribution is 2.21. The van der Waals surface area contributed by atoms with Crippen LogP contribution in [0.15, 0.2) is 71.6 Å². The first kappa shape index (κ1) is 20.5. The summed E-state index contributed by atoms with van der Waals surface area (Å²) in [5.41, 5.74) is 4.35. The van der Waals surface area contributed by atoms with Crippen molar-refractivity contribution in [3.63, 3.8) is 0 Å². The molecule has 31 heavy (non-hydrogen) atoms. The molecule has 0 bridgehead atoms. The molecule has 0 atom stereocenters. The van der Waals surface area contributed by atoms with Gasteiger partial charge in [-0.1, -0.05) is 18.2 Å². The van der Waals surface area contributed by atoms with Gasteiger partial charge in [-0.25, -0.2) is 13.1 Å². The van der Waals surface area contributed by atoms with Crippen molar-refractivity contribution in [2.45, 2.75) is 25.7 Å². The summed E-state index contributed by atoms with van der Waals surface area (Å²) < 4.78 is 29.2. The van der Waals surface area contributed by atoms with Crippen molar-refractivity contribution in [3.05, 3.63) is 83.7 Å². The lowest BCUT2D eigenvalue weighted by Crippen LogP contribution is -2.12. The number of sulfonamides is 1. The average molecular weight is 435 g/mol. The molecular formula is C22H22N6O2S. The van der Waals surface area contributed by atoms with E-state index in [1.807, 2.05) is 32.9 Å². The molecule has 8 nitrogen and oxygen atoms in total. The molecule has 0 spiro atoms. The van der Waals surface area contributed by atoms with E-state index in [1.165, 1.54) is 0 Å². The lowest BCUT2D eigenvalue weighted by atomic mass is 10.2. The number of benzene rings is 2. The van der Waals surface area contributed by atoms with Crippen molar-refractivity contribution in [2.24, 2.45) is 0 Å². The summed E-state index contributed by atoms with van der Waals surface area (Å²) in [6.07, 6.45) is 0. The normalized spacial score (nSPS) is 11.3. The molecular weight excluding hydrogens is 412 g/mol. The van der Waals surface area contributed by atoms with E-state index in [-0.39, 0.29) is 4.90 Å². The van der Waals surface area contributed by atoms with Crippen LogP contribution in [0.4, 0.5) is 17.2 Å². The van der Waals surface area contributed by atoms with Gasteiger partial charge in [-0.3, -0.25) is 4.72 Å². The second-order valence-corrected chi connectivity index (χ2v) is 8.79. The third-order valence-electron chi connectivity index (χ3n) is 4.98. The van der Waals surface area contributed by atoms with Crippen LogP contribution in [-0.2, 0) is 10.0 Å². The van der Waals surface area contributed by atoms with E-state index in [0.29, 0.717) is 17.3 Å². The van der Waals surface area contributed by atoms with Crippen molar-refractivity contribution >= 4 is 27.2 Å². The number of hydrogen-bond acceptors (Lipinski definition) is 6. The van der Waals surface area contributed by atoms with Gasteiger partial charge in [-0.05, 0) is 74.9 Å². The molecule has 2 N–H and O–H groups in total. The smallest absolute Gasteiger partial charge is 0.261 e. The number of anilines is 3. The third-order valence-corrected chi connectivity index (χ3v) is 6.38. The average Bonchev–Trinajstić information content (AvgIpc) is 3.03. The maximum absolute atomic E-state index is 12.4. The fraction of sp³-hybridized carbons (Fsp3) is 0.136. The van der Waals surface area contributed by atoms with Crippen LogP contribution in [-0.4, -0.2) is 28.4 Å². The summed E-state index contributed by atoms with van der Waals surface area (Å²) in [6, 6.07) is 18.8. The van der Waals surface area contributed by atoms with Crippen LogP contribution < -0.4 is 10.0 Å². The van der Waals surface area contributed by atoms with Gasteiger partial charge >= 0.3 is 0 Å². The Morgan fingerprint density at radius 3 is 2.06 bits per heavy atom. The van der Waals surface area contributed by atoms with Crippen molar-refractivity contribution < 1.29 is 8.42 Å². The first-order valence-corrected chi connectivity index (χ1v) is 11.1. The molecule has 0 fully saturated rings. The minimum Gasteiger partial charge on any atom is -0.339 e. The molecule has 4 aromatic rings. The largest absolute Gasteiger partial charge is 0.339 e. The van der Waals surface area contributed by atoms with Gasteiger partial charge in [-0.2, -0.15) is 5.10 Å². The molecule has 0 unspecified atom stereocenters. The molecule has 0 radical (unpaired) electrons. The zero-order valence-electron chi connectivity index (χ0n) is 17.4. The molecule has 0 saturated heterocycles. The van der Waals surface area contributed by atoms with Gasteiger partial charge in [-0.15, -0.1) is 10.2 Å². The lowest BCUT2D eigenvalue weighted by Gasteiger charge is -2.10. The molecule has 2 aromatic heterocycles. The molecule has 4 rings (SSSR count). The quantitative estimate of drug-likeness (QED) is 0.473. The topological polar surface area (TPSA) is 102 Å². The fourth-order valence-corrected chi connectivity index (χ4v) is 4.11. The number of rotatable bonds is 6. The Morgan fingerprint density at radius 2 is 1.48 bits per heavy atom. The molecule has 0 aliphatic carbocycles. The maximum atomic E-state index is 12.4. The van der Waals surface area contributed by atoms with E-state index in [0.717, 1.165) is 22.6 Å². The highest BCUT2D eigenvalue weighted by Gasteiger charge is 2.13. The molecule has 2 heterocycles. The first-order valence-electron chi connectivity index (χ1n) is 9.65. The highest BCUT2D eigenvalue weighted by atomic mass is 32.2. The van der Waals surface area contributed by atoms with Gasteiger partial charge in [0.25, 0.3) is 10.0 Å².